The van der Waals surface area contributed by atoms with Crippen LogP contribution in [0, 0.1) is 0 Å². The summed E-state index contributed by atoms with van der Waals surface area (Å²) in [7, 11) is 1.38. The number of ether oxygens (including phenoxy) is 2. The lowest BCUT2D eigenvalue weighted by atomic mass is 10.1. The predicted octanol–water partition coefficient (Wildman–Crippen LogP) is 3.50. The van der Waals surface area contributed by atoms with Gasteiger partial charge in [-0.25, -0.2) is 5.01 Å². The van der Waals surface area contributed by atoms with Gasteiger partial charge in [-0.2, -0.15) is 0 Å². The van der Waals surface area contributed by atoms with Gasteiger partial charge < -0.3 is 9.47 Å². The zero-order valence-electron chi connectivity index (χ0n) is 14.8. The Morgan fingerprint density at radius 3 is 2.54 bits per heavy atom. The molecule has 144 valence electrons. The minimum absolute atomic E-state index is 0.0406. The lowest BCUT2D eigenvalue weighted by Gasteiger charge is -2.14. The quantitative estimate of drug-likeness (QED) is 0.323. The van der Waals surface area contributed by atoms with Gasteiger partial charge in [0.05, 0.1) is 12.8 Å². The van der Waals surface area contributed by atoms with Crippen LogP contribution in [0.2, 0.25) is 5.02 Å². The number of nitrogens with one attached hydrogen (secondary N) is 1. The number of hydrazine groups is 1. The van der Waals surface area contributed by atoms with Crippen LogP contribution in [0.4, 0.5) is 5.69 Å². The molecule has 1 aliphatic rings. The van der Waals surface area contributed by atoms with Crippen LogP contribution in [0.25, 0.3) is 6.08 Å². The minimum atomic E-state index is -0.568. The van der Waals surface area contributed by atoms with E-state index in [1.165, 1.54) is 26.2 Å². The van der Waals surface area contributed by atoms with Crippen LogP contribution < -0.4 is 19.9 Å². The number of esters is 1. The van der Waals surface area contributed by atoms with Crippen molar-refractivity contribution in [1.82, 2.24) is 5.43 Å². The average molecular weight is 466 g/mol. The second-order valence-electron chi connectivity index (χ2n) is 5.69. The summed E-state index contributed by atoms with van der Waals surface area (Å²) in [5.74, 6) is -1.41. The third-order valence-electron chi connectivity index (χ3n) is 3.83. The lowest BCUT2D eigenvalue weighted by Crippen LogP contribution is -2.35. The number of hydrogen-bond donors (Lipinski definition) is 1. The van der Waals surface area contributed by atoms with Gasteiger partial charge in [-0.3, -0.25) is 19.8 Å². The summed E-state index contributed by atoms with van der Waals surface area (Å²) in [6, 6.07) is 10.2. The molecule has 0 radical (unpaired) electrons. The molecule has 1 N–H and O–H groups in total. The number of amides is 2. The standard InChI is InChI=1S/C19H14BrClN2O5/c1-10(24)28-17-14(27-2)9-11(15(20)16(17)21)8-13-18(25)22-23(19(13)26)12-6-4-3-5-7-12/h3-9H,1-2H3,(H,22,25)/b13-8-. The molecule has 0 aromatic heterocycles. The Kier molecular flexibility index (Phi) is 5.71. The number of para-hydroxylation sites is 1. The Morgan fingerprint density at radius 2 is 1.93 bits per heavy atom. The minimum Gasteiger partial charge on any atom is -0.493 e. The van der Waals surface area contributed by atoms with Crippen LogP contribution in [0.5, 0.6) is 11.5 Å². The fourth-order valence-corrected chi connectivity index (χ4v) is 3.22. The van der Waals surface area contributed by atoms with E-state index in [4.69, 9.17) is 21.1 Å². The molecule has 1 fully saturated rings. The van der Waals surface area contributed by atoms with Crippen molar-refractivity contribution in [2.45, 2.75) is 6.92 Å². The van der Waals surface area contributed by atoms with E-state index in [-0.39, 0.29) is 22.1 Å². The Balaban J connectivity index is 2.03. The highest BCUT2D eigenvalue weighted by Gasteiger charge is 2.34. The second-order valence-corrected chi connectivity index (χ2v) is 6.86. The maximum absolute atomic E-state index is 12.7. The fourth-order valence-electron chi connectivity index (χ4n) is 2.57. The first-order chi connectivity index (χ1) is 13.3. The van der Waals surface area contributed by atoms with Crippen molar-refractivity contribution >= 4 is 57.1 Å². The molecule has 1 heterocycles. The molecule has 1 saturated heterocycles. The zero-order chi connectivity index (χ0) is 20.4. The van der Waals surface area contributed by atoms with E-state index < -0.39 is 17.8 Å². The van der Waals surface area contributed by atoms with E-state index in [1.807, 2.05) is 0 Å². The van der Waals surface area contributed by atoms with Crippen LogP contribution in [0.15, 0.2) is 46.4 Å². The topological polar surface area (TPSA) is 84.9 Å². The molecule has 0 aliphatic carbocycles. The highest BCUT2D eigenvalue weighted by Crippen LogP contribution is 2.43. The summed E-state index contributed by atoms with van der Waals surface area (Å²) < 4.78 is 10.7. The molecule has 0 spiro atoms. The van der Waals surface area contributed by atoms with E-state index in [1.54, 1.807) is 30.3 Å². The van der Waals surface area contributed by atoms with Gasteiger partial charge in [-0.1, -0.05) is 29.8 Å². The van der Waals surface area contributed by atoms with Crippen LogP contribution in [-0.2, 0) is 14.4 Å². The molecule has 2 aromatic rings. The predicted molar refractivity (Wildman–Crippen MR) is 107 cm³/mol. The molecule has 0 saturated carbocycles. The fraction of sp³-hybridized carbons (Fsp3) is 0.105. The summed E-state index contributed by atoms with van der Waals surface area (Å²) in [6.07, 6.45) is 1.39. The molecule has 2 amide bonds. The molecule has 7 nitrogen and oxygen atoms in total. The highest BCUT2D eigenvalue weighted by molar-refractivity contribution is 9.10. The van der Waals surface area contributed by atoms with Crippen LogP contribution in [-0.4, -0.2) is 24.9 Å². The molecule has 0 bridgehead atoms. The van der Waals surface area contributed by atoms with Gasteiger partial charge in [-0.05, 0) is 45.8 Å². The van der Waals surface area contributed by atoms with E-state index in [9.17, 15) is 14.4 Å². The van der Waals surface area contributed by atoms with E-state index in [0.717, 1.165) is 5.01 Å². The van der Waals surface area contributed by atoms with Crippen molar-refractivity contribution < 1.29 is 23.9 Å². The number of halogens is 2. The van der Waals surface area contributed by atoms with Gasteiger partial charge in [0.25, 0.3) is 11.8 Å². The van der Waals surface area contributed by atoms with Gasteiger partial charge in [0.1, 0.15) is 10.6 Å². The molecule has 28 heavy (non-hydrogen) atoms. The van der Waals surface area contributed by atoms with Crippen molar-refractivity contribution in [2.24, 2.45) is 0 Å². The SMILES string of the molecule is COc1cc(/C=C2/C(=O)NN(c3ccccc3)C2=O)c(Br)c(Cl)c1OC(C)=O. The molecule has 2 aromatic carbocycles. The van der Waals surface area contributed by atoms with Crippen LogP contribution in [0.1, 0.15) is 12.5 Å². The number of nitrogens with zero attached hydrogens (tertiary/aromatic N) is 1. The second kappa shape index (κ2) is 8.04. The lowest BCUT2D eigenvalue weighted by molar-refractivity contribution is -0.132. The molecule has 3 rings (SSSR count). The number of carbonyl (C=O) groups is 3. The third-order valence-corrected chi connectivity index (χ3v) is 5.27. The molecular weight excluding hydrogens is 452 g/mol. The Bertz CT molecular complexity index is 1010. The van der Waals surface area contributed by atoms with Crippen LogP contribution in [0.3, 0.4) is 0 Å². The van der Waals surface area contributed by atoms with Crippen LogP contribution >= 0.6 is 27.5 Å². The normalized spacial score (nSPS) is 15.0. The van der Waals surface area contributed by atoms with Crippen molar-refractivity contribution in [3.63, 3.8) is 0 Å². The smallest absolute Gasteiger partial charge is 0.308 e. The maximum atomic E-state index is 12.7. The number of anilines is 1. The molecule has 1 aliphatic heterocycles. The van der Waals surface area contributed by atoms with Crippen molar-refractivity contribution in [3.8, 4) is 11.5 Å². The molecule has 9 heteroatoms. The summed E-state index contributed by atoms with van der Waals surface area (Å²) >= 11 is 9.59. The summed E-state index contributed by atoms with van der Waals surface area (Å²) in [4.78, 5) is 36.4. The highest BCUT2D eigenvalue weighted by atomic mass is 79.9. The maximum Gasteiger partial charge on any atom is 0.308 e. The van der Waals surface area contributed by atoms with E-state index in [0.29, 0.717) is 15.7 Å². The average Bonchev–Trinajstić information content (AvgIpc) is 2.96. The largest absolute Gasteiger partial charge is 0.493 e. The van der Waals surface area contributed by atoms with Crippen molar-refractivity contribution in [1.29, 1.82) is 0 Å². The third kappa shape index (κ3) is 3.74. The molecule has 0 unspecified atom stereocenters. The Morgan fingerprint density at radius 1 is 1.25 bits per heavy atom. The van der Waals surface area contributed by atoms with Crippen molar-refractivity contribution in [2.75, 3.05) is 12.1 Å². The van der Waals surface area contributed by atoms with Gasteiger partial charge in [-0.15, -0.1) is 0 Å². The van der Waals surface area contributed by atoms with E-state index in [2.05, 4.69) is 21.4 Å². The number of benzene rings is 2. The first kappa shape index (κ1) is 19.9. The summed E-state index contributed by atoms with van der Waals surface area (Å²) in [6.45, 7) is 1.24. The number of methoxy groups -OCH3 is 1. The first-order valence-corrected chi connectivity index (χ1v) is 9.17. The number of hydrogen-bond acceptors (Lipinski definition) is 5. The number of rotatable bonds is 4. The summed E-state index contributed by atoms with van der Waals surface area (Å²) in [5, 5.41) is 1.24. The first-order valence-electron chi connectivity index (χ1n) is 8.00. The number of carbonyl (C=O) groups excluding carboxylic acids is 3. The zero-order valence-corrected chi connectivity index (χ0v) is 17.1. The molecule has 0 atom stereocenters. The summed E-state index contributed by atoms with van der Waals surface area (Å²) in [5.41, 5.74) is 3.38. The Labute approximate surface area is 174 Å². The van der Waals surface area contributed by atoms with E-state index >= 15 is 0 Å². The van der Waals surface area contributed by atoms with Gasteiger partial charge in [0, 0.05) is 11.4 Å². The van der Waals surface area contributed by atoms with Gasteiger partial charge in [0.2, 0.25) is 0 Å². The van der Waals surface area contributed by atoms with Crippen molar-refractivity contribution in [3.05, 3.63) is 57.0 Å². The molecular formula is C19H14BrClN2O5. The van der Waals surface area contributed by atoms with Gasteiger partial charge >= 0.3 is 5.97 Å². The van der Waals surface area contributed by atoms with Gasteiger partial charge in [0.15, 0.2) is 11.5 Å². The monoisotopic (exact) mass is 464 g/mol. The Hall–Kier alpha value is -2.84.